The lowest BCUT2D eigenvalue weighted by molar-refractivity contribution is 0.241. The number of hydrogen-bond donors (Lipinski definition) is 1. The van der Waals surface area contributed by atoms with Gasteiger partial charge in [0.25, 0.3) is 0 Å². The molecule has 0 spiro atoms. The molecular formula is C16H22N4. The van der Waals surface area contributed by atoms with E-state index in [0.717, 1.165) is 25.3 Å². The van der Waals surface area contributed by atoms with Crippen molar-refractivity contribution in [1.29, 1.82) is 0 Å². The van der Waals surface area contributed by atoms with E-state index in [1.165, 1.54) is 29.9 Å². The third kappa shape index (κ3) is 2.61. The molecule has 1 fully saturated rings. The van der Waals surface area contributed by atoms with Crippen LogP contribution in [0.25, 0.3) is 0 Å². The number of rotatable bonds is 4. The standard InChI is InChI=1S/C16H22N4/c1-3-16-18-12(2)14(19-16)11-20-10-6-8-15(20)13-7-4-5-9-17-13/h4-5,7,9,15H,3,6,8,10-11H2,1-2H3,(H,18,19)/t15-/m1/s1. The fourth-order valence-electron chi connectivity index (χ4n) is 3.00. The maximum atomic E-state index is 4.70. The molecule has 1 aliphatic heterocycles. The molecule has 3 heterocycles. The van der Waals surface area contributed by atoms with Gasteiger partial charge in [-0.05, 0) is 38.4 Å². The minimum absolute atomic E-state index is 0.442. The van der Waals surface area contributed by atoms with Crippen LogP contribution >= 0.6 is 0 Å². The van der Waals surface area contributed by atoms with Crippen LogP contribution in [0.2, 0.25) is 0 Å². The summed E-state index contributed by atoms with van der Waals surface area (Å²) in [5, 5.41) is 0. The predicted octanol–water partition coefficient (Wildman–Crippen LogP) is 3.01. The van der Waals surface area contributed by atoms with Crippen molar-refractivity contribution >= 4 is 0 Å². The molecule has 1 atom stereocenters. The smallest absolute Gasteiger partial charge is 0.106 e. The highest BCUT2D eigenvalue weighted by Crippen LogP contribution is 2.31. The number of aromatic nitrogens is 3. The van der Waals surface area contributed by atoms with Crippen molar-refractivity contribution in [3.63, 3.8) is 0 Å². The fraction of sp³-hybridized carbons (Fsp3) is 0.500. The molecule has 106 valence electrons. The molecule has 0 bridgehead atoms. The zero-order valence-corrected chi connectivity index (χ0v) is 12.3. The third-order valence-electron chi connectivity index (χ3n) is 4.12. The van der Waals surface area contributed by atoms with Crippen molar-refractivity contribution < 1.29 is 0 Å². The van der Waals surface area contributed by atoms with E-state index in [2.05, 4.69) is 40.8 Å². The Morgan fingerprint density at radius 1 is 1.40 bits per heavy atom. The molecular weight excluding hydrogens is 248 g/mol. The highest BCUT2D eigenvalue weighted by atomic mass is 15.2. The zero-order chi connectivity index (χ0) is 13.9. The van der Waals surface area contributed by atoms with Gasteiger partial charge < -0.3 is 4.98 Å². The van der Waals surface area contributed by atoms with Crippen LogP contribution in [0.3, 0.4) is 0 Å². The van der Waals surface area contributed by atoms with Gasteiger partial charge in [0, 0.05) is 24.9 Å². The number of H-pyrrole nitrogens is 1. The number of imidazole rings is 1. The number of aryl methyl sites for hydroxylation is 2. The second kappa shape index (κ2) is 5.75. The second-order valence-corrected chi connectivity index (χ2v) is 5.49. The van der Waals surface area contributed by atoms with E-state index in [0.29, 0.717) is 6.04 Å². The lowest BCUT2D eigenvalue weighted by Gasteiger charge is -2.23. The van der Waals surface area contributed by atoms with Crippen LogP contribution in [0.15, 0.2) is 24.4 Å². The lowest BCUT2D eigenvalue weighted by atomic mass is 10.1. The van der Waals surface area contributed by atoms with Crippen molar-refractivity contribution in [3.8, 4) is 0 Å². The van der Waals surface area contributed by atoms with Crippen molar-refractivity contribution in [3.05, 3.63) is 47.3 Å². The molecule has 0 unspecified atom stereocenters. The molecule has 20 heavy (non-hydrogen) atoms. The Kier molecular flexibility index (Phi) is 3.83. The van der Waals surface area contributed by atoms with Crippen LogP contribution in [0.5, 0.6) is 0 Å². The van der Waals surface area contributed by atoms with E-state index in [9.17, 15) is 0 Å². The van der Waals surface area contributed by atoms with E-state index < -0.39 is 0 Å². The summed E-state index contributed by atoms with van der Waals surface area (Å²) < 4.78 is 0. The first kappa shape index (κ1) is 13.3. The monoisotopic (exact) mass is 270 g/mol. The minimum Gasteiger partial charge on any atom is -0.346 e. The van der Waals surface area contributed by atoms with E-state index in [4.69, 9.17) is 4.98 Å². The first-order chi connectivity index (χ1) is 9.78. The summed E-state index contributed by atoms with van der Waals surface area (Å²) in [4.78, 5) is 15.1. The van der Waals surface area contributed by atoms with Crippen LogP contribution < -0.4 is 0 Å². The van der Waals surface area contributed by atoms with Crippen LogP contribution in [-0.2, 0) is 13.0 Å². The summed E-state index contributed by atoms with van der Waals surface area (Å²) in [5.74, 6) is 1.09. The second-order valence-electron chi connectivity index (χ2n) is 5.49. The van der Waals surface area contributed by atoms with Gasteiger partial charge >= 0.3 is 0 Å². The molecule has 1 N–H and O–H groups in total. The Labute approximate surface area is 120 Å². The number of likely N-dealkylation sites (tertiary alicyclic amines) is 1. The molecule has 0 aliphatic carbocycles. The minimum atomic E-state index is 0.442. The molecule has 1 saturated heterocycles. The van der Waals surface area contributed by atoms with Crippen molar-refractivity contribution in [2.75, 3.05) is 6.54 Å². The molecule has 0 amide bonds. The summed E-state index contributed by atoms with van der Waals surface area (Å²) in [6, 6.07) is 6.64. The Bertz CT molecular complexity index is 561. The maximum absolute atomic E-state index is 4.70. The topological polar surface area (TPSA) is 44.8 Å². The molecule has 2 aromatic heterocycles. The van der Waals surface area contributed by atoms with Crippen LogP contribution in [0.4, 0.5) is 0 Å². The number of nitrogens with zero attached hydrogens (tertiary/aromatic N) is 3. The SMILES string of the molecule is CCc1nc(CN2CCC[C@@H]2c2ccccn2)c(C)[nH]1. The van der Waals surface area contributed by atoms with Crippen molar-refractivity contribution in [2.24, 2.45) is 0 Å². The Hall–Kier alpha value is -1.68. The molecule has 3 rings (SSSR count). The Morgan fingerprint density at radius 2 is 2.30 bits per heavy atom. The summed E-state index contributed by atoms with van der Waals surface area (Å²) in [6.45, 7) is 6.31. The Morgan fingerprint density at radius 3 is 3.00 bits per heavy atom. The van der Waals surface area contributed by atoms with E-state index in [-0.39, 0.29) is 0 Å². The number of hydrogen-bond acceptors (Lipinski definition) is 3. The molecule has 0 radical (unpaired) electrons. The summed E-state index contributed by atoms with van der Waals surface area (Å²) in [6.07, 6.45) is 5.29. The maximum Gasteiger partial charge on any atom is 0.106 e. The van der Waals surface area contributed by atoms with Crippen molar-refractivity contribution in [2.45, 2.75) is 45.7 Å². The van der Waals surface area contributed by atoms with Crippen LogP contribution in [0.1, 0.15) is 48.7 Å². The van der Waals surface area contributed by atoms with Crippen LogP contribution in [0, 0.1) is 6.92 Å². The van der Waals surface area contributed by atoms with E-state index >= 15 is 0 Å². The van der Waals surface area contributed by atoms with Gasteiger partial charge in [0.1, 0.15) is 5.82 Å². The fourth-order valence-corrected chi connectivity index (χ4v) is 3.00. The van der Waals surface area contributed by atoms with Gasteiger partial charge in [-0.15, -0.1) is 0 Å². The lowest BCUT2D eigenvalue weighted by Crippen LogP contribution is -2.24. The van der Waals surface area contributed by atoms with Crippen LogP contribution in [-0.4, -0.2) is 26.4 Å². The largest absolute Gasteiger partial charge is 0.346 e. The highest BCUT2D eigenvalue weighted by Gasteiger charge is 2.27. The molecule has 2 aromatic rings. The quantitative estimate of drug-likeness (QED) is 0.929. The number of pyridine rings is 1. The van der Waals surface area contributed by atoms with Gasteiger partial charge in [0.2, 0.25) is 0 Å². The average Bonchev–Trinajstić information content (AvgIpc) is 3.08. The molecule has 4 heteroatoms. The van der Waals surface area contributed by atoms with E-state index in [1.807, 2.05) is 12.3 Å². The van der Waals surface area contributed by atoms with Gasteiger partial charge in [-0.1, -0.05) is 13.0 Å². The molecule has 4 nitrogen and oxygen atoms in total. The Balaban J connectivity index is 1.77. The molecule has 1 aliphatic rings. The number of aromatic amines is 1. The summed E-state index contributed by atoms with van der Waals surface area (Å²) in [5.41, 5.74) is 3.58. The normalized spacial score (nSPS) is 19.6. The molecule has 0 saturated carbocycles. The van der Waals surface area contributed by atoms with Gasteiger partial charge in [0.05, 0.1) is 17.4 Å². The average molecular weight is 270 g/mol. The van der Waals surface area contributed by atoms with Gasteiger partial charge in [-0.3, -0.25) is 9.88 Å². The molecule has 0 aromatic carbocycles. The summed E-state index contributed by atoms with van der Waals surface area (Å²) >= 11 is 0. The zero-order valence-electron chi connectivity index (χ0n) is 12.3. The first-order valence-electron chi connectivity index (χ1n) is 7.47. The van der Waals surface area contributed by atoms with Gasteiger partial charge in [-0.2, -0.15) is 0 Å². The number of nitrogens with one attached hydrogen (secondary N) is 1. The predicted molar refractivity (Wildman–Crippen MR) is 79.3 cm³/mol. The first-order valence-corrected chi connectivity index (χ1v) is 7.47. The summed E-state index contributed by atoms with van der Waals surface area (Å²) in [7, 11) is 0. The van der Waals surface area contributed by atoms with Gasteiger partial charge in [0.15, 0.2) is 0 Å². The van der Waals surface area contributed by atoms with Gasteiger partial charge in [-0.25, -0.2) is 4.98 Å². The third-order valence-corrected chi connectivity index (χ3v) is 4.12. The van der Waals surface area contributed by atoms with E-state index in [1.54, 1.807) is 0 Å². The van der Waals surface area contributed by atoms with Crippen molar-refractivity contribution in [1.82, 2.24) is 19.9 Å². The highest BCUT2D eigenvalue weighted by molar-refractivity contribution is 5.15.